The summed E-state index contributed by atoms with van der Waals surface area (Å²) in [7, 11) is 0. The minimum absolute atomic E-state index is 0.400. The Morgan fingerprint density at radius 1 is 1.29 bits per heavy atom. The van der Waals surface area contributed by atoms with Crippen molar-refractivity contribution in [2.75, 3.05) is 13.2 Å². The number of nitrogens with one attached hydrogen (secondary N) is 1. The van der Waals surface area contributed by atoms with E-state index in [-0.39, 0.29) is 0 Å². The highest BCUT2D eigenvalue weighted by atomic mass is 16.5. The molecular formula is C19H31NO. The van der Waals surface area contributed by atoms with Gasteiger partial charge in [0, 0.05) is 12.0 Å². The van der Waals surface area contributed by atoms with Crippen molar-refractivity contribution in [3.05, 3.63) is 29.8 Å². The van der Waals surface area contributed by atoms with Crippen LogP contribution in [0.3, 0.4) is 0 Å². The lowest BCUT2D eigenvalue weighted by Crippen LogP contribution is -2.38. The molecule has 0 aliphatic carbocycles. The smallest absolute Gasteiger partial charge is 0.122 e. The Hall–Kier alpha value is -1.02. The monoisotopic (exact) mass is 289 g/mol. The normalized spacial score (nSPS) is 19.7. The zero-order valence-electron chi connectivity index (χ0n) is 14.1. The predicted molar refractivity (Wildman–Crippen MR) is 90.1 cm³/mol. The maximum atomic E-state index is 5.83. The highest BCUT2D eigenvalue weighted by Crippen LogP contribution is 2.37. The highest BCUT2D eigenvalue weighted by Gasteiger charge is 2.29. The number of hydrogen-bond donors (Lipinski definition) is 1. The maximum absolute atomic E-state index is 5.83. The number of hydrogen-bond acceptors (Lipinski definition) is 2. The van der Waals surface area contributed by atoms with Gasteiger partial charge in [0.15, 0.2) is 0 Å². The van der Waals surface area contributed by atoms with Crippen LogP contribution in [0.5, 0.6) is 5.75 Å². The molecule has 21 heavy (non-hydrogen) atoms. The summed E-state index contributed by atoms with van der Waals surface area (Å²) >= 11 is 0. The number of ether oxygens (including phenoxy) is 1. The Balaban J connectivity index is 2.13. The molecule has 0 saturated heterocycles. The fraction of sp³-hybridized carbons (Fsp3) is 0.684. The first-order chi connectivity index (χ1) is 10.0. The molecule has 118 valence electrons. The Morgan fingerprint density at radius 2 is 2.05 bits per heavy atom. The number of benzene rings is 1. The zero-order valence-corrected chi connectivity index (χ0v) is 14.1. The molecule has 2 unspecified atom stereocenters. The summed E-state index contributed by atoms with van der Waals surface area (Å²) in [5.41, 5.74) is 1.79. The van der Waals surface area contributed by atoms with Crippen molar-refractivity contribution in [2.24, 2.45) is 5.41 Å². The summed E-state index contributed by atoms with van der Waals surface area (Å²) in [5, 5.41) is 3.80. The molecule has 1 N–H and O–H groups in total. The average Bonchev–Trinajstić information content (AvgIpc) is 2.46. The molecule has 0 radical (unpaired) electrons. The Kier molecular flexibility index (Phi) is 5.69. The minimum atomic E-state index is 0.400. The van der Waals surface area contributed by atoms with E-state index in [1.165, 1.54) is 24.8 Å². The van der Waals surface area contributed by atoms with Gasteiger partial charge in [0.25, 0.3) is 0 Å². The van der Waals surface area contributed by atoms with Crippen LogP contribution in [-0.2, 0) is 0 Å². The van der Waals surface area contributed by atoms with Crippen LogP contribution in [-0.4, -0.2) is 19.2 Å². The van der Waals surface area contributed by atoms with E-state index in [1.807, 2.05) is 0 Å². The summed E-state index contributed by atoms with van der Waals surface area (Å²) < 4.78 is 5.83. The van der Waals surface area contributed by atoms with Crippen LogP contribution in [0, 0.1) is 5.41 Å². The molecule has 0 fully saturated rings. The van der Waals surface area contributed by atoms with Gasteiger partial charge in [-0.05, 0) is 49.3 Å². The summed E-state index contributed by atoms with van der Waals surface area (Å²) in [6.07, 6.45) is 4.82. The van der Waals surface area contributed by atoms with E-state index in [9.17, 15) is 0 Å². The third-order valence-corrected chi connectivity index (χ3v) is 4.35. The SMILES string of the molecule is CCCNC(CCC(C)(C)C)C1CCOc2ccccc21. The molecule has 0 saturated carbocycles. The lowest BCUT2D eigenvalue weighted by atomic mass is 9.80. The Bertz CT molecular complexity index is 435. The third-order valence-electron chi connectivity index (χ3n) is 4.35. The number of rotatable bonds is 6. The van der Waals surface area contributed by atoms with Crippen molar-refractivity contribution in [1.29, 1.82) is 0 Å². The van der Waals surface area contributed by atoms with Crippen molar-refractivity contribution < 1.29 is 4.74 Å². The van der Waals surface area contributed by atoms with Gasteiger partial charge in [0.1, 0.15) is 5.75 Å². The van der Waals surface area contributed by atoms with E-state index in [1.54, 1.807) is 0 Å². The predicted octanol–water partition coefficient (Wildman–Crippen LogP) is 4.75. The van der Waals surface area contributed by atoms with Crippen molar-refractivity contribution in [3.8, 4) is 5.75 Å². The molecule has 2 atom stereocenters. The van der Waals surface area contributed by atoms with E-state index in [4.69, 9.17) is 4.74 Å². The fourth-order valence-corrected chi connectivity index (χ4v) is 3.15. The van der Waals surface area contributed by atoms with Gasteiger partial charge in [0.2, 0.25) is 0 Å². The van der Waals surface area contributed by atoms with Crippen LogP contribution in [0.1, 0.15) is 64.9 Å². The van der Waals surface area contributed by atoms with E-state index in [0.29, 0.717) is 17.4 Å². The molecule has 2 heteroatoms. The Morgan fingerprint density at radius 3 is 2.76 bits per heavy atom. The Labute approximate surface area is 130 Å². The first-order valence-corrected chi connectivity index (χ1v) is 8.46. The molecule has 1 aromatic rings. The molecule has 0 aromatic heterocycles. The quantitative estimate of drug-likeness (QED) is 0.816. The lowest BCUT2D eigenvalue weighted by Gasteiger charge is -2.34. The first kappa shape index (κ1) is 16.4. The van der Waals surface area contributed by atoms with E-state index < -0.39 is 0 Å². The van der Waals surface area contributed by atoms with Gasteiger partial charge in [-0.15, -0.1) is 0 Å². The second-order valence-corrected chi connectivity index (χ2v) is 7.44. The van der Waals surface area contributed by atoms with Crippen molar-refractivity contribution in [1.82, 2.24) is 5.32 Å². The summed E-state index contributed by atoms with van der Waals surface area (Å²) in [5.74, 6) is 1.68. The van der Waals surface area contributed by atoms with Crippen molar-refractivity contribution >= 4 is 0 Å². The van der Waals surface area contributed by atoms with Crippen LogP contribution >= 0.6 is 0 Å². The molecule has 1 heterocycles. The van der Waals surface area contributed by atoms with E-state index in [0.717, 1.165) is 25.3 Å². The molecule has 1 aliphatic heterocycles. The van der Waals surface area contributed by atoms with Gasteiger partial charge in [-0.2, -0.15) is 0 Å². The second-order valence-electron chi connectivity index (χ2n) is 7.44. The second kappa shape index (κ2) is 7.31. The average molecular weight is 289 g/mol. The molecule has 0 bridgehead atoms. The molecule has 2 nitrogen and oxygen atoms in total. The van der Waals surface area contributed by atoms with E-state index in [2.05, 4.69) is 57.3 Å². The minimum Gasteiger partial charge on any atom is -0.493 e. The highest BCUT2D eigenvalue weighted by molar-refractivity contribution is 5.38. The molecular weight excluding hydrogens is 258 g/mol. The zero-order chi connectivity index (χ0) is 15.3. The van der Waals surface area contributed by atoms with E-state index >= 15 is 0 Å². The standard InChI is InChI=1S/C19H31NO/c1-5-13-20-17(10-12-19(2,3)4)15-11-14-21-18-9-7-6-8-16(15)18/h6-9,15,17,20H,5,10-14H2,1-4H3. The summed E-state index contributed by atoms with van der Waals surface area (Å²) in [6.45, 7) is 11.2. The third kappa shape index (κ3) is 4.74. The summed E-state index contributed by atoms with van der Waals surface area (Å²) in [6, 6.07) is 9.14. The summed E-state index contributed by atoms with van der Waals surface area (Å²) in [4.78, 5) is 0. The molecule has 0 amide bonds. The van der Waals surface area contributed by atoms with Crippen molar-refractivity contribution in [3.63, 3.8) is 0 Å². The largest absolute Gasteiger partial charge is 0.493 e. The van der Waals surface area contributed by atoms with Gasteiger partial charge in [-0.3, -0.25) is 0 Å². The van der Waals surface area contributed by atoms with Crippen molar-refractivity contribution in [2.45, 2.75) is 65.3 Å². The first-order valence-electron chi connectivity index (χ1n) is 8.46. The van der Waals surface area contributed by atoms with Crippen LogP contribution in [0.25, 0.3) is 0 Å². The van der Waals surface area contributed by atoms with Crippen LogP contribution in [0.2, 0.25) is 0 Å². The van der Waals surface area contributed by atoms with Gasteiger partial charge >= 0.3 is 0 Å². The number of para-hydroxylation sites is 1. The lowest BCUT2D eigenvalue weighted by molar-refractivity contribution is 0.230. The number of fused-ring (bicyclic) bond motifs is 1. The topological polar surface area (TPSA) is 21.3 Å². The molecule has 0 spiro atoms. The maximum Gasteiger partial charge on any atom is 0.122 e. The molecule has 1 aromatic carbocycles. The van der Waals surface area contributed by atoms with Crippen LogP contribution < -0.4 is 10.1 Å². The van der Waals surface area contributed by atoms with Gasteiger partial charge < -0.3 is 10.1 Å². The van der Waals surface area contributed by atoms with Crippen LogP contribution in [0.15, 0.2) is 24.3 Å². The van der Waals surface area contributed by atoms with Gasteiger partial charge in [0.05, 0.1) is 6.61 Å². The van der Waals surface area contributed by atoms with Gasteiger partial charge in [-0.1, -0.05) is 45.9 Å². The van der Waals surface area contributed by atoms with Crippen LogP contribution in [0.4, 0.5) is 0 Å². The molecule has 1 aliphatic rings. The fourth-order valence-electron chi connectivity index (χ4n) is 3.15. The molecule has 2 rings (SSSR count). The van der Waals surface area contributed by atoms with Gasteiger partial charge in [-0.25, -0.2) is 0 Å².